The highest BCUT2D eigenvalue weighted by Gasteiger charge is 2.00. The first kappa shape index (κ1) is 13.9. The minimum atomic E-state index is 0.0224. The van der Waals surface area contributed by atoms with Crippen LogP contribution < -0.4 is 15.4 Å². The van der Waals surface area contributed by atoms with Crippen LogP contribution in [0.2, 0.25) is 0 Å². The summed E-state index contributed by atoms with van der Waals surface area (Å²) in [5.74, 6) is 1.59. The number of hydrogen-bond donors (Lipinski definition) is 2. The summed E-state index contributed by atoms with van der Waals surface area (Å²) in [5.41, 5.74) is 0.933. The molecule has 4 nitrogen and oxygen atoms in total. The molecule has 0 unspecified atom stereocenters. The molecule has 0 bridgehead atoms. The van der Waals surface area contributed by atoms with Crippen molar-refractivity contribution in [1.82, 2.24) is 5.32 Å². The second kappa shape index (κ2) is 7.19. The van der Waals surface area contributed by atoms with Gasteiger partial charge in [-0.2, -0.15) is 0 Å². The van der Waals surface area contributed by atoms with E-state index in [0.717, 1.165) is 17.2 Å². The summed E-state index contributed by atoms with van der Waals surface area (Å²) in [5, 5.41) is 5.79. The zero-order valence-electron chi connectivity index (χ0n) is 11.4. The molecule has 0 aliphatic rings. The summed E-state index contributed by atoms with van der Waals surface area (Å²) in [7, 11) is 1.64. The van der Waals surface area contributed by atoms with Crippen LogP contribution in [0.4, 0.5) is 5.69 Å². The first-order valence-corrected chi connectivity index (χ1v) is 6.55. The molecule has 0 saturated carbocycles. The Balaban J connectivity index is 1.92. The number of nitrogens with one attached hydrogen (secondary N) is 2. The molecular formula is C16H18N2O2. The highest BCUT2D eigenvalue weighted by Crippen LogP contribution is 2.23. The van der Waals surface area contributed by atoms with Crippen molar-refractivity contribution in [2.45, 2.75) is 6.42 Å². The molecular weight excluding hydrogens is 252 g/mol. The number of carbonyl (C=O) groups excluding carboxylic acids is 1. The Bertz CT molecular complexity index is 555. The van der Waals surface area contributed by atoms with E-state index in [2.05, 4.69) is 10.6 Å². The van der Waals surface area contributed by atoms with Gasteiger partial charge in [0, 0.05) is 31.8 Å². The van der Waals surface area contributed by atoms with E-state index in [1.54, 1.807) is 7.05 Å². The van der Waals surface area contributed by atoms with Gasteiger partial charge in [-0.3, -0.25) is 4.79 Å². The number of carbonyl (C=O) groups is 1. The monoisotopic (exact) mass is 270 g/mol. The third kappa shape index (κ3) is 4.31. The van der Waals surface area contributed by atoms with E-state index in [9.17, 15) is 4.79 Å². The molecule has 0 saturated heterocycles. The highest BCUT2D eigenvalue weighted by molar-refractivity contribution is 5.76. The summed E-state index contributed by atoms with van der Waals surface area (Å²) in [6, 6.07) is 17.3. The Morgan fingerprint density at radius 2 is 1.80 bits per heavy atom. The van der Waals surface area contributed by atoms with Crippen molar-refractivity contribution >= 4 is 11.6 Å². The van der Waals surface area contributed by atoms with Crippen LogP contribution in [0.5, 0.6) is 11.5 Å². The summed E-state index contributed by atoms with van der Waals surface area (Å²) < 4.78 is 5.75. The maximum Gasteiger partial charge on any atom is 0.221 e. The van der Waals surface area contributed by atoms with Crippen LogP contribution in [0.3, 0.4) is 0 Å². The van der Waals surface area contributed by atoms with Crippen molar-refractivity contribution in [3.05, 3.63) is 54.6 Å². The largest absolute Gasteiger partial charge is 0.457 e. The molecule has 0 atom stereocenters. The number of benzene rings is 2. The molecule has 0 radical (unpaired) electrons. The van der Waals surface area contributed by atoms with E-state index in [4.69, 9.17) is 4.74 Å². The minimum absolute atomic E-state index is 0.0224. The molecule has 0 heterocycles. The van der Waals surface area contributed by atoms with E-state index in [-0.39, 0.29) is 5.91 Å². The summed E-state index contributed by atoms with van der Waals surface area (Å²) in [4.78, 5) is 11.1. The molecule has 104 valence electrons. The van der Waals surface area contributed by atoms with Gasteiger partial charge < -0.3 is 15.4 Å². The van der Waals surface area contributed by atoms with Gasteiger partial charge in [-0.25, -0.2) is 0 Å². The van der Waals surface area contributed by atoms with E-state index >= 15 is 0 Å². The lowest BCUT2D eigenvalue weighted by Gasteiger charge is -2.09. The van der Waals surface area contributed by atoms with Gasteiger partial charge in [-0.05, 0) is 24.3 Å². The van der Waals surface area contributed by atoms with Gasteiger partial charge in [0.05, 0.1) is 0 Å². The predicted molar refractivity (Wildman–Crippen MR) is 80.1 cm³/mol. The first-order chi connectivity index (χ1) is 9.78. The van der Waals surface area contributed by atoms with Gasteiger partial charge in [-0.1, -0.05) is 24.3 Å². The number of hydrogen-bond acceptors (Lipinski definition) is 3. The first-order valence-electron chi connectivity index (χ1n) is 6.55. The third-order valence-electron chi connectivity index (χ3n) is 2.77. The molecule has 20 heavy (non-hydrogen) atoms. The number of anilines is 1. The van der Waals surface area contributed by atoms with Gasteiger partial charge in [0.2, 0.25) is 5.91 Å². The van der Waals surface area contributed by atoms with Gasteiger partial charge in [0.15, 0.2) is 0 Å². The second-order valence-corrected chi connectivity index (χ2v) is 4.29. The van der Waals surface area contributed by atoms with Crippen LogP contribution in [0, 0.1) is 0 Å². The Hall–Kier alpha value is -2.49. The minimum Gasteiger partial charge on any atom is -0.457 e. The Kier molecular flexibility index (Phi) is 5.00. The molecule has 2 N–H and O–H groups in total. The van der Waals surface area contributed by atoms with Crippen molar-refractivity contribution in [1.29, 1.82) is 0 Å². The summed E-state index contributed by atoms with van der Waals surface area (Å²) in [6.07, 6.45) is 0.445. The second-order valence-electron chi connectivity index (χ2n) is 4.29. The lowest BCUT2D eigenvalue weighted by Crippen LogP contribution is -2.20. The fraction of sp³-hybridized carbons (Fsp3) is 0.188. The molecule has 2 aromatic rings. The van der Waals surface area contributed by atoms with Gasteiger partial charge in [0.1, 0.15) is 11.5 Å². The van der Waals surface area contributed by atoms with E-state index < -0.39 is 0 Å². The van der Waals surface area contributed by atoms with Crippen LogP contribution in [-0.2, 0) is 4.79 Å². The SMILES string of the molecule is CNC(=O)CCNc1cccc(Oc2ccccc2)c1. The molecule has 0 aliphatic heterocycles. The normalized spacial score (nSPS) is 9.85. The van der Waals surface area contributed by atoms with Crippen LogP contribution in [0.15, 0.2) is 54.6 Å². The smallest absolute Gasteiger partial charge is 0.221 e. The molecule has 2 rings (SSSR count). The number of amides is 1. The van der Waals surface area contributed by atoms with Crippen molar-refractivity contribution in [2.75, 3.05) is 18.9 Å². The maximum atomic E-state index is 11.1. The maximum absolute atomic E-state index is 11.1. The Morgan fingerprint density at radius 3 is 2.55 bits per heavy atom. The van der Waals surface area contributed by atoms with Crippen molar-refractivity contribution in [3.8, 4) is 11.5 Å². The lowest BCUT2D eigenvalue weighted by molar-refractivity contribution is -0.120. The van der Waals surface area contributed by atoms with E-state index in [1.807, 2.05) is 54.6 Å². The van der Waals surface area contributed by atoms with Crippen LogP contribution in [0.25, 0.3) is 0 Å². The fourth-order valence-corrected chi connectivity index (χ4v) is 1.74. The molecule has 0 spiro atoms. The van der Waals surface area contributed by atoms with Gasteiger partial charge >= 0.3 is 0 Å². The number of para-hydroxylation sites is 1. The molecule has 0 aromatic heterocycles. The summed E-state index contributed by atoms with van der Waals surface area (Å²) >= 11 is 0. The molecule has 1 amide bonds. The quantitative estimate of drug-likeness (QED) is 0.848. The average molecular weight is 270 g/mol. The molecule has 4 heteroatoms. The lowest BCUT2D eigenvalue weighted by atomic mass is 10.3. The Labute approximate surface area is 118 Å². The average Bonchev–Trinajstić information content (AvgIpc) is 2.48. The molecule has 0 fully saturated rings. The highest BCUT2D eigenvalue weighted by atomic mass is 16.5. The van der Waals surface area contributed by atoms with E-state index in [1.165, 1.54) is 0 Å². The van der Waals surface area contributed by atoms with Gasteiger partial charge in [0.25, 0.3) is 0 Å². The van der Waals surface area contributed by atoms with Crippen LogP contribution in [-0.4, -0.2) is 19.5 Å². The number of ether oxygens (including phenoxy) is 1. The zero-order chi connectivity index (χ0) is 14.2. The number of rotatable bonds is 6. The Morgan fingerprint density at radius 1 is 1.05 bits per heavy atom. The van der Waals surface area contributed by atoms with Crippen molar-refractivity contribution in [3.63, 3.8) is 0 Å². The summed E-state index contributed by atoms with van der Waals surface area (Å²) in [6.45, 7) is 0.592. The van der Waals surface area contributed by atoms with Crippen molar-refractivity contribution < 1.29 is 9.53 Å². The topological polar surface area (TPSA) is 50.4 Å². The zero-order valence-corrected chi connectivity index (χ0v) is 11.4. The predicted octanol–water partition coefficient (Wildman–Crippen LogP) is 3.03. The van der Waals surface area contributed by atoms with Gasteiger partial charge in [-0.15, -0.1) is 0 Å². The molecule has 0 aliphatic carbocycles. The standard InChI is InChI=1S/C16H18N2O2/c1-17-16(19)10-11-18-13-6-5-9-15(12-13)20-14-7-3-2-4-8-14/h2-9,12,18H,10-11H2,1H3,(H,17,19). The molecule has 2 aromatic carbocycles. The van der Waals surface area contributed by atoms with Crippen LogP contribution >= 0.6 is 0 Å². The third-order valence-corrected chi connectivity index (χ3v) is 2.77. The van der Waals surface area contributed by atoms with Crippen molar-refractivity contribution in [2.24, 2.45) is 0 Å². The fourth-order valence-electron chi connectivity index (χ4n) is 1.74. The van der Waals surface area contributed by atoms with E-state index in [0.29, 0.717) is 13.0 Å². The van der Waals surface area contributed by atoms with Crippen LogP contribution in [0.1, 0.15) is 6.42 Å².